The smallest absolute Gasteiger partial charge is 0.335 e. The fraction of sp³-hybridized carbons (Fsp3) is 0.0476. The van der Waals surface area contributed by atoms with Crippen molar-refractivity contribution in [1.82, 2.24) is 0 Å². The molecule has 0 saturated heterocycles. The van der Waals surface area contributed by atoms with Gasteiger partial charge in [-0.05, 0) is 48.0 Å². The summed E-state index contributed by atoms with van der Waals surface area (Å²) in [6, 6.07) is 22.8. The minimum Gasteiger partial charge on any atom is -0.478 e. The van der Waals surface area contributed by atoms with E-state index in [0.29, 0.717) is 16.9 Å². The lowest BCUT2D eigenvalue weighted by atomic mass is 10.0. The predicted molar refractivity (Wildman–Crippen MR) is 103 cm³/mol. The zero-order chi connectivity index (χ0) is 19.1. The van der Waals surface area contributed by atoms with Gasteiger partial charge in [-0.1, -0.05) is 36.4 Å². The van der Waals surface area contributed by atoms with Crippen molar-refractivity contribution in [2.45, 2.75) is 6.42 Å². The van der Waals surface area contributed by atoms with Gasteiger partial charge in [-0.25, -0.2) is 4.79 Å². The van der Waals surface area contributed by atoms with Gasteiger partial charge in [-0.2, -0.15) is 10.2 Å². The van der Waals surface area contributed by atoms with Crippen LogP contribution in [0.25, 0.3) is 0 Å². The highest BCUT2D eigenvalue weighted by atomic mass is 16.4. The number of nitrogens with one attached hydrogen (secondary N) is 1. The Balaban J connectivity index is 1.62. The normalized spacial score (nSPS) is 10.7. The summed E-state index contributed by atoms with van der Waals surface area (Å²) in [6.45, 7) is 0. The molecule has 0 aliphatic carbocycles. The highest BCUT2D eigenvalue weighted by molar-refractivity contribution is 5.96. The van der Waals surface area contributed by atoms with Crippen LogP contribution in [0, 0.1) is 0 Å². The largest absolute Gasteiger partial charge is 0.478 e. The number of rotatable bonds is 6. The second-order valence-corrected chi connectivity index (χ2v) is 5.77. The number of nitrogens with zero attached hydrogens (tertiary/aromatic N) is 2. The van der Waals surface area contributed by atoms with Gasteiger partial charge in [0, 0.05) is 5.69 Å². The standard InChI is InChI=1S/C21H17N3O3/c25-20(14-15-6-4-5-9-19(15)21(26)27)22-16-10-12-18(13-11-16)24-23-17-7-2-1-3-8-17/h1-13H,14H2,(H,22,25)(H,26,27). The summed E-state index contributed by atoms with van der Waals surface area (Å²) in [5.74, 6) is -1.34. The van der Waals surface area contributed by atoms with E-state index < -0.39 is 5.97 Å². The maximum Gasteiger partial charge on any atom is 0.335 e. The summed E-state index contributed by atoms with van der Waals surface area (Å²) < 4.78 is 0. The van der Waals surface area contributed by atoms with Crippen molar-refractivity contribution in [3.05, 3.63) is 90.0 Å². The first-order chi connectivity index (χ1) is 13.1. The Hall–Kier alpha value is -3.80. The van der Waals surface area contributed by atoms with Crippen LogP contribution in [-0.4, -0.2) is 17.0 Å². The summed E-state index contributed by atoms with van der Waals surface area (Å²) in [6.07, 6.45) is -0.0159. The number of carbonyl (C=O) groups is 2. The number of benzene rings is 3. The quantitative estimate of drug-likeness (QED) is 0.608. The molecule has 2 N–H and O–H groups in total. The molecule has 0 aliphatic rings. The molecule has 0 fully saturated rings. The molecule has 0 atom stereocenters. The first kappa shape index (κ1) is 18.0. The van der Waals surface area contributed by atoms with Crippen LogP contribution in [0.5, 0.6) is 0 Å². The molecule has 3 rings (SSSR count). The Morgan fingerprint density at radius 3 is 2.04 bits per heavy atom. The molecular formula is C21H17N3O3. The van der Waals surface area contributed by atoms with Gasteiger partial charge in [0.15, 0.2) is 0 Å². The number of aromatic carboxylic acids is 1. The molecule has 0 heterocycles. The van der Waals surface area contributed by atoms with Crippen LogP contribution < -0.4 is 5.32 Å². The van der Waals surface area contributed by atoms with Crippen LogP contribution >= 0.6 is 0 Å². The number of hydrogen-bond acceptors (Lipinski definition) is 4. The summed E-state index contributed by atoms with van der Waals surface area (Å²) in [4.78, 5) is 23.4. The molecule has 27 heavy (non-hydrogen) atoms. The van der Waals surface area contributed by atoms with Crippen molar-refractivity contribution in [3.8, 4) is 0 Å². The molecular weight excluding hydrogens is 342 g/mol. The number of carboxylic acids is 1. The molecule has 0 aliphatic heterocycles. The number of azo groups is 1. The van der Waals surface area contributed by atoms with E-state index >= 15 is 0 Å². The molecule has 0 unspecified atom stereocenters. The van der Waals surface area contributed by atoms with Gasteiger partial charge >= 0.3 is 5.97 Å². The SMILES string of the molecule is O=C(Cc1ccccc1C(=O)O)Nc1ccc(N=Nc2ccccc2)cc1. The predicted octanol–water partition coefficient (Wildman–Crippen LogP) is 4.98. The van der Waals surface area contributed by atoms with E-state index in [0.717, 1.165) is 5.69 Å². The maximum atomic E-state index is 12.2. The van der Waals surface area contributed by atoms with E-state index in [4.69, 9.17) is 0 Å². The Labute approximate surface area is 156 Å². The van der Waals surface area contributed by atoms with Gasteiger partial charge < -0.3 is 10.4 Å². The zero-order valence-electron chi connectivity index (χ0n) is 14.4. The third-order valence-electron chi connectivity index (χ3n) is 3.79. The Kier molecular flexibility index (Phi) is 5.69. The molecule has 6 nitrogen and oxygen atoms in total. The van der Waals surface area contributed by atoms with Crippen LogP contribution in [0.3, 0.4) is 0 Å². The fourth-order valence-corrected chi connectivity index (χ4v) is 2.48. The highest BCUT2D eigenvalue weighted by Gasteiger charge is 2.12. The lowest BCUT2D eigenvalue weighted by molar-refractivity contribution is -0.115. The van der Waals surface area contributed by atoms with Gasteiger partial charge in [0.05, 0.1) is 23.4 Å². The Bertz CT molecular complexity index is 967. The third kappa shape index (κ3) is 5.09. The zero-order valence-corrected chi connectivity index (χ0v) is 14.4. The van der Waals surface area contributed by atoms with Crippen LogP contribution in [0.2, 0.25) is 0 Å². The van der Waals surface area contributed by atoms with Gasteiger partial charge in [-0.3, -0.25) is 4.79 Å². The van der Waals surface area contributed by atoms with Crippen molar-refractivity contribution >= 4 is 28.9 Å². The highest BCUT2D eigenvalue weighted by Crippen LogP contribution is 2.20. The van der Waals surface area contributed by atoms with Crippen molar-refractivity contribution in [2.75, 3.05) is 5.32 Å². The van der Waals surface area contributed by atoms with Gasteiger partial charge in [-0.15, -0.1) is 0 Å². The van der Waals surface area contributed by atoms with Crippen molar-refractivity contribution in [3.63, 3.8) is 0 Å². The molecule has 0 spiro atoms. The summed E-state index contributed by atoms with van der Waals surface area (Å²) in [5.41, 5.74) is 2.62. The second kappa shape index (κ2) is 8.53. The van der Waals surface area contributed by atoms with Crippen molar-refractivity contribution < 1.29 is 14.7 Å². The summed E-state index contributed by atoms with van der Waals surface area (Å²) >= 11 is 0. The van der Waals surface area contributed by atoms with Crippen molar-refractivity contribution in [2.24, 2.45) is 10.2 Å². The molecule has 6 heteroatoms. The first-order valence-electron chi connectivity index (χ1n) is 8.30. The van der Waals surface area contributed by atoms with Gasteiger partial charge in [0.2, 0.25) is 5.91 Å². The molecule has 1 amide bonds. The number of hydrogen-bond donors (Lipinski definition) is 2. The molecule has 0 radical (unpaired) electrons. The second-order valence-electron chi connectivity index (χ2n) is 5.77. The van der Waals surface area contributed by atoms with E-state index in [1.165, 1.54) is 6.07 Å². The monoisotopic (exact) mass is 359 g/mol. The molecule has 0 saturated carbocycles. The number of carbonyl (C=O) groups excluding carboxylic acids is 1. The molecule has 3 aromatic rings. The Morgan fingerprint density at radius 1 is 0.778 bits per heavy atom. The lowest BCUT2D eigenvalue weighted by Crippen LogP contribution is -2.16. The molecule has 0 bridgehead atoms. The topological polar surface area (TPSA) is 91.1 Å². The van der Waals surface area contributed by atoms with E-state index in [9.17, 15) is 14.7 Å². The van der Waals surface area contributed by atoms with E-state index in [1.807, 2.05) is 30.3 Å². The lowest BCUT2D eigenvalue weighted by Gasteiger charge is -2.07. The Morgan fingerprint density at radius 2 is 1.37 bits per heavy atom. The van der Waals surface area contributed by atoms with Crippen LogP contribution in [0.1, 0.15) is 15.9 Å². The first-order valence-corrected chi connectivity index (χ1v) is 8.30. The fourth-order valence-electron chi connectivity index (χ4n) is 2.48. The van der Waals surface area contributed by atoms with Crippen LogP contribution in [0.4, 0.5) is 17.1 Å². The van der Waals surface area contributed by atoms with E-state index in [1.54, 1.807) is 42.5 Å². The maximum absolute atomic E-state index is 12.2. The molecule has 134 valence electrons. The molecule has 3 aromatic carbocycles. The number of amides is 1. The van der Waals surface area contributed by atoms with E-state index in [2.05, 4.69) is 15.5 Å². The minimum atomic E-state index is -1.05. The van der Waals surface area contributed by atoms with Crippen molar-refractivity contribution in [1.29, 1.82) is 0 Å². The average Bonchev–Trinajstić information content (AvgIpc) is 2.68. The van der Waals surface area contributed by atoms with E-state index in [-0.39, 0.29) is 17.9 Å². The summed E-state index contributed by atoms with van der Waals surface area (Å²) in [7, 11) is 0. The number of carboxylic acid groups (broad SMARTS) is 1. The number of anilines is 1. The van der Waals surface area contributed by atoms with Gasteiger partial charge in [0.1, 0.15) is 0 Å². The van der Waals surface area contributed by atoms with Crippen LogP contribution in [-0.2, 0) is 11.2 Å². The van der Waals surface area contributed by atoms with Gasteiger partial charge in [0.25, 0.3) is 0 Å². The summed E-state index contributed by atoms with van der Waals surface area (Å²) in [5, 5.41) is 20.2. The average molecular weight is 359 g/mol. The third-order valence-corrected chi connectivity index (χ3v) is 3.79. The minimum absolute atomic E-state index is 0.0159. The molecule has 0 aromatic heterocycles. The van der Waals surface area contributed by atoms with Crippen LogP contribution in [0.15, 0.2) is 89.1 Å².